The highest BCUT2D eigenvalue weighted by Gasteiger charge is 2.19. The molecule has 1 saturated heterocycles. The second-order valence-electron chi connectivity index (χ2n) is 5.99. The SMILES string of the molecule is CCCN(CC(=O)N1CCCCC1)Cc1cc(C(=O)O)ccn1. The summed E-state index contributed by atoms with van der Waals surface area (Å²) in [6.07, 6.45) is 5.82. The zero-order valence-electron chi connectivity index (χ0n) is 13.7. The lowest BCUT2D eigenvalue weighted by atomic mass is 10.1. The Balaban J connectivity index is 1.98. The van der Waals surface area contributed by atoms with Crippen molar-refractivity contribution >= 4 is 11.9 Å². The molecule has 6 heteroatoms. The molecule has 1 amide bonds. The fourth-order valence-corrected chi connectivity index (χ4v) is 2.89. The van der Waals surface area contributed by atoms with E-state index in [1.807, 2.05) is 9.80 Å². The molecule has 1 aliphatic heterocycles. The van der Waals surface area contributed by atoms with E-state index in [-0.39, 0.29) is 11.5 Å². The van der Waals surface area contributed by atoms with Crippen LogP contribution in [0.5, 0.6) is 0 Å². The third-order valence-corrected chi connectivity index (χ3v) is 4.06. The van der Waals surface area contributed by atoms with Gasteiger partial charge < -0.3 is 10.0 Å². The van der Waals surface area contributed by atoms with Gasteiger partial charge in [-0.1, -0.05) is 6.92 Å². The van der Waals surface area contributed by atoms with E-state index in [4.69, 9.17) is 5.11 Å². The van der Waals surface area contributed by atoms with Crippen LogP contribution in [0.2, 0.25) is 0 Å². The van der Waals surface area contributed by atoms with E-state index in [1.54, 1.807) is 6.07 Å². The van der Waals surface area contributed by atoms with Crippen molar-refractivity contribution in [3.8, 4) is 0 Å². The third-order valence-electron chi connectivity index (χ3n) is 4.06. The van der Waals surface area contributed by atoms with E-state index < -0.39 is 5.97 Å². The van der Waals surface area contributed by atoms with Gasteiger partial charge in [-0.3, -0.25) is 14.7 Å². The van der Waals surface area contributed by atoms with Gasteiger partial charge in [0.15, 0.2) is 0 Å². The number of carboxylic acid groups (broad SMARTS) is 1. The maximum Gasteiger partial charge on any atom is 0.335 e. The summed E-state index contributed by atoms with van der Waals surface area (Å²) in [6, 6.07) is 3.06. The van der Waals surface area contributed by atoms with Crippen molar-refractivity contribution in [1.29, 1.82) is 0 Å². The molecule has 0 unspecified atom stereocenters. The molecule has 1 aromatic heterocycles. The predicted octanol–water partition coefficient (Wildman–Crippen LogP) is 2.00. The van der Waals surface area contributed by atoms with Crippen molar-refractivity contribution in [2.45, 2.75) is 39.2 Å². The van der Waals surface area contributed by atoms with Crippen LogP contribution in [0.1, 0.15) is 48.7 Å². The number of carbonyl (C=O) groups is 2. The van der Waals surface area contributed by atoms with Gasteiger partial charge in [0.05, 0.1) is 17.8 Å². The van der Waals surface area contributed by atoms with E-state index in [0.29, 0.717) is 18.8 Å². The number of piperidine rings is 1. The fourth-order valence-electron chi connectivity index (χ4n) is 2.89. The van der Waals surface area contributed by atoms with E-state index in [9.17, 15) is 9.59 Å². The summed E-state index contributed by atoms with van der Waals surface area (Å²) in [7, 11) is 0. The maximum atomic E-state index is 12.4. The number of hydrogen-bond donors (Lipinski definition) is 1. The number of pyridine rings is 1. The molecule has 0 saturated carbocycles. The Kier molecular flexibility index (Phi) is 6.52. The second-order valence-corrected chi connectivity index (χ2v) is 5.99. The van der Waals surface area contributed by atoms with Crippen LogP contribution in [-0.4, -0.2) is 57.9 Å². The minimum absolute atomic E-state index is 0.160. The smallest absolute Gasteiger partial charge is 0.335 e. The minimum atomic E-state index is -0.958. The number of nitrogens with zero attached hydrogens (tertiary/aromatic N) is 3. The summed E-state index contributed by atoms with van der Waals surface area (Å²) >= 11 is 0. The standard InChI is InChI=1S/C17H25N3O3/c1-2-8-19(13-16(21)20-9-4-3-5-10-20)12-15-11-14(17(22)23)6-7-18-15/h6-7,11H,2-5,8-10,12-13H2,1H3,(H,22,23). The molecule has 126 valence electrons. The Morgan fingerprint density at radius 3 is 2.70 bits per heavy atom. The lowest BCUT2D eigenvalue weighted by Crippen LogP contribution is -2.42. The highest BCUT2D eigenvalue weighted by molar-refractivity contribution is 5.87. The lowest BCUT2D eigenvalue weighted by molar-refractivity contribution is -0.133. The van der Waals surface area contributed by atoms with Gasteiger partial charge in [-0.2, -0.15) is 0 Å². The number of aromatic nitrogens is 1. The van der Waals surface area contributed by atoms with Crippen LogP contribution in [-0.2, 0) is 11.3 Å². The fraction of sp³-hybridized carbons (Fsp3) is 0.588. The molecule has 0 aromatic carbocycles. The van der Waals surface area contributed by atoms with Gasteiger partial charge in [0.2, 0.25) is 5.91 Å². The Bertz CT molecular complexity index is 542. The molecule has 0 spiro atoms. The molecule has 6 nitrogen and oxygen atoms in total. The quantitative estimate of drug-likeness (QED) is 0.832. The summed E-state index contributed by atoms with van der Waals surface area (Å²) in [6.45, 7) is 5.43. The van der Waals surface area contributed by atoms with Crippen LogP contribution in [0.4, 0.5) is 0 Å². The first-order chi connectivity index (χ1) is 11.1. The third kappa shape index (κ3) is 5.32. The van der Waals surface area contributed by atoms with Crippen LogP contribution >= 0.6 is 0 Å². The van der Waals surface area contributed by atoms with Crippen molar-refractivity contribution in [1.82, 2.24) is 14.8 Å². The van der Waals surface area contributed by atoms with E-state index in [1.165, 1.54) is 18.7 Å². The van der Waals surface area contributed by atoms with Crippen molar-refractivity contribution in [3.05, 3.63) is 29.6 Å². The zero-order valence-corrected chi connectivity index (χ0v) is 13.7. The van der Waals surface area contributed by atoms with Gasteiger partial charge in [-0.25, -0.2) is 4.79 Å². The number of aromatic carboxylic acids is 1. The molecule has 1 aromatic rings. The highest BCUT2D eigenvalue weighted by atomic mass is 16.4. The molecule has 1 aliphatic rings. The lowest BCUT2D eigenvalue weighted by Gasteiger charge is -2.29. The normalized spacial score (nSPS) is 15.0. The monoisotopic (exact) mass is 319 g/mol. The van der Waals surface area contributed by atoms with Crippen molar-refractivity contribution in [2.75, 3.05) is 26.2 Å². The zero-order chi connectivity index (χ0) is 16.7. The molecular weight excluding hydrogens is 294 g/mol. The summed E-state index contributed by atoms with van der Waals surface area (Å²) in [4.78, 5) is 31.7. The molecule has 1 fully saturated rings. The second kappa shape index (κ2) is 8.62. The van der Waals surface area contributed by atoms with Crippen molar-refractivity contribution in [3.63, 3.8) is 0 Å². The number of carbonyl (C=O) groups excluding carboxylic acids is 1. The summed E-state index contributed by atoms with van der Waals surface area (Å²) in [5, 5.41) is 9.06. The van der Waals surface area contributed by atoms with E-state index in [2.05, 4.69) is 11.9 Å². The van der Waals surface area contributed by atoms with Gasteiger partial charge in [0, 0.05) is 25.8 Å². The predicted molar refractivity (Wildman–Crippen MR) is 87.2 cm³/mol. The van der Waals surface area contributed by atoms with E-state index >= 15 is 0 Å². The molecule has 1 N–H and O–H groups in total. The Hall–Kier alpha value is -1.95. The minimum Gasteiger partial charge on any atom is -0.478 e. The van der Waals surface area contributed by atoms with E-state index in [0.717, 1.165) is 38.9 Å². The molecule has 0 bridgehead atoms. The Labute approximate surface area is 137 Å². The average molecular weight is 319 g/mol. The molecular formula is C17H25N3O3. The van der Waals surface area contributed by atoms with Gasteiger partial charge in [-0.15, -0.1) is 0 Å². The van der Waals surface area contributed by atoms with Gasteiger partial charge in [-0.05, 0) is 44.4 Å². The van der Waals surface area contributed by atoms with Crippen LogP contribution in [0.15, 0.2) is 18.3 Å². The summed E-state index contributed by atoms with van der Waals surface area (Å²) in [5.41, 5.74) is 0.915. The number of rotatable bonds is 7. The van der Waals surface area contributed by atoms with Gasteiger partial charge in [0.25, 0.3) is 0 Å². The number of carboxylic acids is 1. The van der Waals surface area contributed by atoms with Crippen molar-refractivity contribution < 1.29 is 14.7 Å². The first-order valence-corrected chi connectivity index (χ1v) is 8.28. The largest absolute Gasteiger partial charge is 0.478 e. The molecule has 0 aliphatic carbocycles. The first kappa shape index (κ1) is 17.4. The summed E-state index contributed by atoms with van der Waals surface area (Å²) in [5.74, 6) is -0.798. The molecule has 0 atom stereocenters. The highest BCUT2D eigenvalue weighted by Crippen LogP contribution is 2.11. The average Bonchev–Trinajstić information content (AvgIpc) is 2.56. The maximum absolute atomic E-state index is 12.4. The van der Waals surface area contributed by atoms with Crippen LogP contribution in [0, 0.1) is 0 Å². The van der Waals surface area contributed by atoms with Crippen molar-refractivity contribution in [2.24, 2.45) is 0 Å². The Morgan fingerprint density at radius 2 is 2.04 bits per heavy atom. The molecule has 2 heterocycles. The number of hydrogen-bond acceptors (Lipinski definition) is 4. The molecule has 2 rings (SSSR count). The molecule has 23 heavy (non-hydrogen) atoms. The number of likely N-dealkylation sites (tertiary alicyclic amines) is 1. The van der Waals surface area contributed by atoms with Crippen LogP contribution in [0.25, 0.3) is 0 Å². The first-order valence-electron chi connectivity index (χ1n) is 8.28. The molecule has 0 radical (unpaired) electrons. The van der Waals surface area contributed by atoms with Crippen LogP contribution < -0.4 is 0 Å². The van der Waals surface area contributed by atoms with Gasteiger partial charge in [0.1, 0.15) is 0 Å². The summed E-state index contributed by atoms with van der Waals surface area (Å²) < 4.78 is 0. The topological polar surface area (TPSA) is 73.7 Å². The number of amides is 1. The van der Waals surface area contributed by atoms with Crippen LogP contribution in [0.3, 0.4) is 0 Å². The Morgan fingerprint density at radius 1 is 1.30 bits per heavy atom. The van der Waals surface area contributed by atoms with Gasteiger partial charge >= 0.3 is 5.97 Å².